The Balaban J connectivity index is 0. The molecule has 0 aliphatic carbocycles. The highest BCUT2D eigenvalue weighted by molar-refractivity contribution is 9.09. The Morgan fingerprint density at radius 1 is 1.83 bits per heavy atom. The number of halogens is 1. The van der Waals surface area contributed by atoms with Crippen molar-refractivity contribution < 1.29 is 5.48 Å². The minimum Gasteiger partial charge on any atom is -0.412 e. The first-order chi connectivity index (χ1) is 2.27. The van der Waals surface area contributed by atoms with Gasteiger partial charge in [-0.25, -0.2) is 0 Å². The predicted octanol–water partition coefficient (Wildman–Crippen LogP) is 1.13. The zero-order valence-electron chi connectivity index (χ0n) is 3.74. The van der Waals surface area contributed by atoms with Gasteiger partial charge in [0.2, 0.25) is 0 Å². The molecule has 1 atom stereocenters. The lowest BCUT2D eigenvalue weighted by Crippen LogP contribution is -1.74. The summed E-state index contributed by atoms with van der Waals surface area (Å²) in [4.78, 5) is 0.461. The van der Waals surface area contributed by atoms with Crippen LogP contribution in [-0.2, 0) is 0 Å². The van der Waals surface area contributed by atoms with Crippen LogP contribution < -0.4 is 0 Å². The monoisotopic (exact) mass is 152 g/mol. The fourth-order valence-corrected chi connectivity index (χ4v) is 0. The van der Waals surface area contributed by atoms with Crippen molar-refractivity contribution in [2.24, 2.45) is 0 Å². The van der Waals surface area contributed by atoms with Crippen LogP contribution in [0.15, 0.2) is 12.7 Å². The first-order valence-corrected chi connectivity index (χ1v) is 2.45. The molecule has 2 heteroatoms. The number of hydrogen-bond donors (Lipinski definition) is 0. The summed E-state index contributed by atoms with van der Waals surface area (Å²) in [5, 5.41) is 0. The molecule has 0 aromatic carbocycles. The van der Waals surface area contributed by atoms with E-state index in [1.807, 2.05) is 13.0 Å². The van der Waals surface area contributed by atoms with Gasteiger partial charge in [-0.2, -0.15) is 0 Å². The second-order valence-corrected chi connectivity index (χ2v) is 2.36. The first kappa shape index (κ1) is 9.49. The number of hydrogen-bond acceptors (Lipinski definition) is 0. The smallest absolute Gasteiger partial charge is 0.0294 e. The summed E-state index contributed by atoms with van der Waals surface area (Å²) in [6.45, 7) is 5.53. The lowest BCUT2D eigenvalue weighted by atomic mass is 10.5. The minimum atomic E-state index is 0. The Morgan fingerprint density at radius 3 is 2.00 bits per heavy atom. The van der Waals surface area contributed by atoms with E-state index in [2.05, 4.69) is 22.5 Å². The number of allylic oxidation sites excluding steroid dienone is 1. The highest BCUT2D eigenvalue weighted by Crippen LogP contribution is 1.94. The van der Waals surface area contributed by atoms with E-state index >= 15 is 0 Å². The molecule has 0 saturated carbocycles. The maximum atomic E-state index is 3.51. The fourth-order valence-electron chi connectivity index (χ4n) is 0. The van der Waals surface area contributed by atoms with Crippen molar-refractivity contribution in [1.29, 1.82) is 0 Å². The van der Waals surface area contributed by atoms with Crippen molar-refractivity contribution in [3.63, 3.8) is 0 Å². The van der Waals surface area contributed by atoms with E-state index in [1.54, 1.807) is 0 Å². The van der Waals surface area contributed by atoms with Gasteiger partial charge in [-0.15, -0.1) is 6.58 Å². The molecule has 0 rings (SSSR count). The van der Waals surface area contributed by atoms with E-state index in [9.17, 15) is 0 Å². The highest BCUT2D eigenvalue weighted by Gasteiger charge is 1.76. The average molecular weight is 153 g/mol. The van der Waals surface area contributed by atoms with Crippen LogP contribution in [0.2, 0.25) is 0 Å². The van der Waals surface area contributed by atoms with Crippen molar-refractivity contribution >= 4 is 15.9 Å². The Bertz CT molecular complexity index is 34.5. The van der Waals surface area contributed by atoms with Gasteiger partial charge in [0.15, 0.2) is 0 Å². The summed E-state index contributed by atoms with van der Waals surface area (Å²) in [6.07, 6.45) is 1.83. The van der Waals surface area contributed by atoms with Crippen LogP contribution in [0, 0.1) is 0 Å². The zero-order chi connectivity index (χ0) is 4.28. The number of alkyl halides is 1. The van der Waals surface area contributed by atoms with Crippen molar-refractivity contribution in [3.05, 3.63) is 12.7 Å². The molecule has 1 nitrogen and oxygen atoms in total. The average Bonchev–Trinajstić information content (AvgIpc) is 1.38. The quantitative estimate of drug-likeness (QED) is 0.399. The van der Waals surface area contributed by atoms with Crippen molar-refractivity contribution in [3.8, 4) is 0 Å². The summed E-state index contributed by atoms with van der Waals surface area (Å²) < 4.78 is 0. The minimum absolute atomic E-state index is 0. The molecular weight excluding hydrogens is 144 g/mol. The van der Waals surface area contributed by atoms with Gasteiger partial charge >= 0.3 is 0 Å². The molecule has 1 unspecified atom stereocenters. The molecule has 38 valence electrons. The van der Waals surface area contributed by atoms with Gasteiger partial charge in [0.05, 0.1) is 0 Å². The third-order valence-corrected chi connectivity index (χ3v) is 0.699. The lowest BCUT2D eigenvalue weighted by Gasteiger charge is -1.81. The molecule has 0 spiro atoms. The van der Waals surface area contributed by atoms with Gasteiger partial charge < -0.3 is 5.48 Å². The van der Waals surface area contributed by atoms with E-state index in [0.29, 0.717) is 4.83 Å². The van der Waals surface area contributed by atoms with Crippen LogP contribution in [0.25, 0.3) is 0 Å². The van der Waals surface area contributed by atoms with E-state index in [1.165, 1.54) is 0 Å². The predicted molar refractivity (Wildman–Crippen MR) is 32.2 cm³/mol. The molecule has 6 heavy (non-hydrogen) atoms. The van der Waals surface area contributed by atoms with E-state index in [0.717, 1.165) is 0 Å². The van der Waals surface area contributed by atoms with Gasteiger partial charge in [0.1, 0.15) is 0 Å². The normalized spacial score (nSPS) is 11.7. The molecule has 0 saturated heterocycles. The zero-order valence-corrected chi connectivity index (χ0v) is 5.33. The van der Waals surface area contributed by atoms with Crippen LogP contribution in [0.3, 0.4) is 0 Å². The second-order valence-electron chi connectivity index (χ2n) is 0.913. The summed E-state index contributed by atoms with van der Waals surface area (Å²) in [5.41, 5.74) is 0. The molecule has 0 heterocycles. The summed E-state index contributed by atoms with van der Waals surface area (Å²) in [7, 11) is 0. The topological polar surface area (TPSA) is 31.5 Å². The van der Waals surface area contributed by atoms with Gasteiger partial charge in [-0.05, 0) is 6.92 Å². The van der Waals surface area contributed by atoms with Gasteiger partial charge in [-0.3, -0.25) is 0 Å². The van der Waals surface area contributed by atoms with E-state index < -0.39 is 0 Å². The molecule has 0 aromatic heterocycles. The fraction of sp³-hybridized carbons (Fsp3) is 0.500. The summed E-state index contributed by atoms with van der Waals surface area (Å²) in [5.74, 6) is 0. The van der Waals surface area contributed by atoms with Crippen molar-refractivity contribution in [2.75, 3.05) is 0 Å². The third-order valence-electron chi connectivity index (χ3n) is 0.325. The van der Waals surface area contributed by atoms with Gasteiger partial charge in [-0.1, -0.05) is 22.0 Å². The van der Waals surface area contributed by atoms with Crippen molar-refractivity contribution in [2.45, 2.75) is 11.8 Å². The largest absolute Gasteiger partial charge is 0.412 e. The molecule has 0 aliphatic rings. The highest BCUT2D eigenvalue weighted by atomic mass is 79.9. The van der Waals surface area contributed by atoms with Gasteiger partial charge in [0, 0.05) is 4.83 Å². The van der Waals surface area contributed by atoms with Crippen LogP contribution >= 0.6 is 15.9 Å². The van der Waals surface area contributed by atoms with E-state index in [4.69, 9.17) is 0 Å². The summed E-state index contributed by atoms with van der Waals surface area (Å²) in [6, 6.07) is 0. The SMILES string of the molecule is C=CC(C)Br.O. The Hall–Kier alpha value is 0.180. The summed E-state index contributed by atoms with van der Waals surface area (Å²) >= 11 is 3.26. The van der Waals surface area contributed by atoms with Crippen LogP contribution in [0.5, 0.6) is 0 Å². The molecule has 0 fully saturated rings. The lowest BCUT2D eigenvalue weighted by molar-refractivity contribution is 0.824. The molecule has 0 amide bonds. The second kappa shape index (κ2) is 5.18. The molecule has 0 aromatic rings. The Morgan fingerprint density at radius 2 is 2.00 bits per heavy atom. The molecule has 0 radical (unpaired) electrons. The first-order valence-electron chi connectivity index (χ1n) is 1.54. The van der Waals surface area contributed by atoms with Gasteiger partial charge in [0.25, 0.3) is 0 Å². The maximum Gasteiger partial charge on any atom is 0.0294 e. The van der Waals surface area contributed by atoms with Crippen molar-refractivity contribution in [1.82, 2.24) is 0 Å². The third kappa shape index (κ3) is 8.89. The Kier molecular flexibility index (Phi) is 8.19. The molecular formula is C4H9BrO. The van der Waals surface area contributed by atoms with E-state index in [-0.39, 0.29) is 5.48 Å². The molecule has 0 bridgehead atoms. The molecule has 0 aliphatic heterocycles. The van der Waals surface area contributed by atoms with Crippen LogP contribution in [0.4, 0.5) is 0 Å². The maximum absolute atomic E-state index is 3.51. The standard InChI is InChI=1S/C4H7Br.H2O/c1-3-4(2)5;/h3-4H,1H2,2H3;1H2. The molecule has 2 N–H and O–H groups in total. The Labute approximate surface area is 46.5 Å². The number of rotatable bonds is 1. The van der Waals surface area contributed by atoms with Crippen LogP contribution in [0.1, 0.15) is 6.92 Å². The van der Waals surface area contributed by atoms with Crippen LogP contribution in [-0.4, -0.2) is 10.3 Å².